The standard InChI is InChI=1S/C41H46N6O10/c1-23-10-9-13-27(48)12-8-6-7-11-25-18-31(49)36(37(51)35(25)40(53)57-23)28(26-19-32(54-3)38(56-5)33(20-26)55-4)21-34(50)42-15-17-46-16-14-30-29(39(46)52)22-43-41-44-24(2)45-47(30)41/h7,11,14,16,18-20,22-23,28,49,51H,6,8-10,12-13,15,17,21H2,1-5H3,(H,42,50)/t23-,28?/m0/s1. The van der Waals surface area contributed by atoms with Gasteiger partial charge >= 0.3 is 5.97 Å². The molecule has 6 rings (SSSR count). The molecule has 0 saturated heterocycles. The minimum Gasteiger partial charge on any atom is -0.507 e. The molecule has 1 aliphatic rings. The van der Waals surface area contributed by atoms with Gasteiger partial charge in [-0.25, -0.2) is 9.78 Å². The Balaban J connectivity index is 1.35. The number of carbonyl (C=O) groups is 3. The molecule has 300 valence electrons. The number of allylic oxidation sites excluding steroid dienone is 1. The number of pyridine rings is 1. The summed E-state index contributed by atoms with van der Waals surface area (Å²) < 4.78 is 25.4. The van der Waals surface area contributed by atoms with Crippen molar-refractivity contribution in [3.8, 4) is 28.7 Å². The number of phenolic OH excluding ortho intramolecular Hbond substituents is 2. The molecule has 0 aliphatic carbocycles. The van der Waals surface area contributed by atoms with Crippen molar-refractivity contribution >= 4 is 40.4 Å². The SMILES string of the molecule is COc1cc(C(CC(=O)NCCn2ccc3c(cnc4nc(C)nn43)c2=O)c2c(O)cc3c(c2O)C(=O)O[C@@H](C)CCCC(=O)CCCC=C3)cc(OC)c1OC. The first-order chi connectivity index (χ1) is 27.4. The van der Waals surface area contributed by atoms with Crippen molar-refractivity contribution < 1.29 is 43.5 Å². The normalized spacial score (nSPS) is 15.8. The van der Waals surface area contributed by atoms with Gasteiger partial charge in [-0.05, 0) is 74.9 Å². The molecule has 1 amide bonds. The lowest BCUT2D eigenvalue weighted by Crippen LogP contribution is -2.31. The molecule has 16 nitrogen and oxygen atoms in total. The van der Waals surface area contributed by atoms with E-state index in [4.69, 9.17) is 18.9 Å². The highest BCUT2D eigenvalue weighted by molar-refractivity contribution is 5.98. The fourth-order valence-electron chi connectivity index (χ4n) is 7.12. The van der Waals surface area contributed by atoms with Crippen molar-refractivity contribution in [2.24, 2.45) is 0 Å². The van der Waals surface area contributed by atoms with Gasteiger partial charge in [0.2, 0.25) is 11.7 Å². The quantitative estimate of drug-likeness (QED) is 0.160. The molecule has 1 unspecified atom stereocenters. The van der Waals surface area contributed by atoms with Crippen LogP contribution in [0.2, 0.25) is 0 Å². The molecule has 2 atom stereocenters. The maximum atomic E-state index is 13.8. The number of fused-ring (bicyclic) bond motifs is 4. The van der Waals surface area contributed by atoms with Gasteiger partial charge in [-0.3, -0.25) is 14.4 Å². The lowest BCUT2D eigenvalue weighted by Gasteiger charge is -2.24. The third-order valence-corrected chi connectivity index (χ3v) is 9.97. The van der Waals surface area contributed by atoms with E-state index in [1.165, 1.54) is 42.7 Å². The molecular weight excluding hydrogens is 736 g/mol. The van der Waals surface area contributed by atoms with E-state index in [9.17, 15) is 29.4 Å². The van der Waals surface area contributed by atoms with E-state index < -0.39 is 29.6 Å². The van der Waals surface area contributed by atoms with Gasteiger partial charge in [0.25, 0.3) is 11.3 Å². The Morgan fingerprint density at radius 3 is 2.51 bits per heavy atom. The summed E-state index contributed by atoms with van der Waals surface area (Å²) in [4.78, 5) is 61.8. The number of Topliss-reactive ketones (excluding diaryl/α,β-unsaturated/α-hetero) is 1. The number of aromatic hydroxyl groups is 2. The zero-order chi connectivity index (χ0) is 40.8. The van der Waals surface area contributed by atoms with Crippen LogP contribution in [-0.4, -0.2) is 86.0 Å². The van der Waals surface area contributed by atoms with Gasteiger partial charge < -0.3 is 39.0 Å². The summed E-state index contributed by atoms with van der Waals surface area (Å²) in [5.74, 6) is -1.50. The van der Waals surface area contributed by atoms with Gasteiger partial charge in [-0.2, -0.15) is 9.50 Å². The number of benzene rings is 2. The van der Waals surface area contributed by atoms with Gasteiger partial charge in [-0.1, -0.05) is 12.2 Å². The van der Waals surface area contributed by atoms with Crippen molar-refractivity contribution in [3.05, 3.63) is 81.2 Å². The zero-order valence-electron chi connectivity index (χ0n) is 32.5. The van der Waals surface area contributed by atoms with E-state index in [2.05, 4.69) is 20.4 Å². The number of carbonyl (C=O) groups excluding carboxylic acids is 3. The molecule has 16 heteroatoms. The molecule has 3 N–H and O–H groups in total. The Kier molecular flexibility index (Phi) is 12.4. The highest BCUT2D eigenvalue weighted by Crippen LogP contribution is 2.47. The summed E-state index contributed by atoms with van der Waals surface area (Å²) in [6.45, 7) is 3.61. The van der Waals surface area contributed by atoms with E-state index in [0.29, 0.717) is 66.6 Å². The molecule has 0 spiro atoms. The topological polar surface area (TPSA) is 206 Å². The van der Waals surface area contributed by atoms with Crippen molar-refractivity contribution in [3.63, 3.8) is 0 Å². The fraction of sp³-hybridized carbons (Fsp3) is 0.390. The summed E-state index contributed by atoms with van der Waals surface area (Å²) in [7, 11) is 4.31. The predicted octanol–water partition coefficient (Wildman–Crippen LogP) is 5.00. The third-order valence-electron chi connectivity index (χ3n) is 9.97. The molecular formula is C41H46N6O10. The summed E-state index contributed by atoms with van der Waals surface area (Å²) in [5.41, 5.74) is 0.529. The molecule has 0 radical (unpaired) electrons. The van der Waals surface area contributed by atoms with E-state index in [1.807, 2.05) is 0 Å². The third kappa shape index (κ3) is 8.69. The molecule has 2 aromatic carbocycles. The van der Waals surface area contributed by atoms with Crippen LogP contribution in [0.4, 0.5) is 0 Å². The number of hydrogen-bond donors (Lipinski definition) is 3. The number of hydrogen-bond acceptors (Lipinski definition) is 13. The summed E-state index contributed by atoms with van der Waals surface area (Å²) in [6, 6.07) is 6.28. The Labute approximate surface area is 328 Å². The van der Waals surface area contributed by atoms with Crippen LogP contribution in [0, 0.1) is 6.92 Å². The maximum Gasteiger partial charge on any atom is 0.342 e. The highest BCUT2D eigenvalue weighted by atomic mass is 16.5. The molecule has 1 aliphatic heterocycles. The van der Waals surface area contributed by atoms with Crippen LogP contribution < -0.4 is 25.1 Å². The predicted molar refractivity (Wildman–Crippen MR) is 209 cm³/mol. The number of nitrogens with one attached hydrogen (secondary N) is 1. The van der Waals surface area contributed by atoms with Crippen molar-refractivity contribution in [2.45, 2.75) is 77.4 Å². The molecule has 0 fully saturated rings. The number of phenols is 2. The zero-order valence-corrected chi connectivity index (χ0v) is 32.5. The monoisotopic (exact) mass is 782 g/mol. The van der Waals surface area contributed by atoms with E-state index >= 15 is 0 Å². The van der Waals surface area contributed by atoms with Gasteiger partial charge in [-0.15, -0.1) is 5.10 Å². The smallest absolute Gasteiger partial charge is 0.342 e. The number of aryl methyl sites for hydroxylation is 1. The second kappa shape index (κ2) is 17.6. The molecule has 57 heavy (non-hydrogen) atoms. The lowest BCUT2D eigenvalue weighted by atomic mass is 9.84. The highest BCUT2D eigenvalue weighted by Gasteiger charge is 2.32. The Morgan fingerprint density at radius 1 is 1.05 bits per heavy atom. The second-order valence-corrected chi connectivity index (χ2v) is 13.9. The number of cyclic esters (lactones) is 1. The van der Waals surface area contributed by atoms with E-state index in [-0.39, 0.29) is 70.5 Å². The van der Waals surface area contributed by atoms with Crippen molar-refractivity contribution in [1.29, 1.82) is 0 Å². The van der Waals surface area contributed by atoms with Crippen LogP contribution in [0.1, 0.15) is 90.7 Å². The second-order valence-electron chi connectivity index (χ2n) is 13.9. The van der Waals surface area contributed by atoms with E-state index in [1.54, 1.807) is 50.4 Å². The number of amides is 1. The first kappa shape index (κ1) is 40.2. The molecule has 4 heterocycles. The summed E-state index contributed by atoms with van der Waals surface area (Å²) >= 11 is 0. The van der Waals surface area contributed by atoms with Crippen LogP contribution in [0.25, 0.3) is 22.8 Å². The van der Waals surface area contributed by atoms with Gasteiger partial charge in [0.15, 0.2) is 11.5 Å². The molecule has 0 saturated carbocycles. The number of ether oxygens (including phenoxy) is 4. The van der Waals surface area contributed by atoms with Crippen molar-refractivity contribution in [1.82, 2.24) is 29.5 Å². The number of nitrogens with zero attached hydrogens (tertiary/aromatic N) is 5. The molecule has 5 aromatic rings. The maximum absolute atomic E-state index is 13.8. The van der Waals surface area contributed by atoms with Gasteiger partial charge in [0.05, 0.1) is 38.3 Å². The Morgan fingerprint density at radius 2 is 1.79 bits per heavy atom. The molecule has 0 bridgehead atoms. The number of esters is 1. The Bertz CT molecular complexity index is 2390. The average molecular weight is 783 g/mol. The Hall–Kier alpha value is -6.45. The largest absolute Gasteiger partial charge is 0.507 e. The van der Waals surface area contributed by atoms with Gasteiger partial charge in [0, 0.05) is 56.2 Å². The number of rotatable bonds is 10. The first-order valence-electron chi connectivity index (χ1n) is 18.7. The fourth-order valence-corrected chi connectivity index (χ4v) is 7.12. The van der Waals surface area contributed by atoms with Gasteiger partial charge in [0.1, 0.15) is 28.7 Å². The van der Waals surface area contributed by atoms with Crippen molar-refractivity contribution in [2.75, 3.05) is 27.9 Å². The number of methoxy groups -OCH3 is 3. The van der Waals surface area contributed by atoms with Crippen LogP contribution in [-0.2, 0) is 20.9 Å². The van der Waals surface area contributed by atoms with Crippen LogP contribution in [0.5, 0.6) is 28.7 Å². The summed E-state index contributed by atoms with van der Waals surface area (Å²) in [5, 5.41) is 31.1. The minimum absolute atomic E-state index is 0.0487. The number of ketones is 1. The number of aromatic nitrogens is 5. The van der Waals surface area contributed by atoms with Crippen LogP contribution in [0.15, 0.2) is 47.5 Å². The average Bonchev–Trinajstić information content (AvgIpc) is 3.57. The van der Waals surface area contributed by atoms with Crippen LogP contribution in [0.3, 0.4) is 0 Å². The summed E-state index contributed by atoms with van der Waals surface area (Å²) in [6.07, 6.45) is 8.44. The van der Waals surface area contributed by atoms with Crippen LogP contribution >= 0.6 is 0 Å². The lowest BCUT2D eigenvalue weighted by molar-refractivity contribution is -0.121. The first-order valence-corrected chi connectivity index (χ1v) is 18.7. The van der Waals surface area contributed by atoms with E-state index in [0.717, 1.165) is 0 Å². The molecule has 3 aromatic heterocycles. The minimum atomic E-state index is -1.07.